The van der Waals surface area contributed by atoms with Crippen LogP contribution in [0.5, 0.6) is 0 Å². The zero-order valence-electron chi connectivity index (χ0n) is 80.2. The molecule has 14 atom stereocenters. The predicted octanol–water partition coefficient (Wildman–Crippen LogP) is 14.1. The topological polar surface area (TPSA) is 430 Å². The number of aliphatic hydroxyl groups is 3. The van der Waals surface area contributed by atoms with E-state index in [2.05, 4.69) is 138 Å². The Morgan fingerprint density at radius 1 is 0.366 bits per heavy atom. The van der Waals surface area contributed by atoms with Crippen LogP contribution in [0.1, 0.15) is 309 Å². The highest BCUT2D eigenvalue weighted by Crippen LogP contribution is 2.42. The highest BCUT2D eigenvalue weighted by atomic mass is 32.1. The van der Waals surface area contributed by atoms with E-state index in [-0.39, 0.29) is 122 Å². The molecule has 8 fully saturated rings. The normalized spacial score (nSPS) is 22.0. The molecule has 0 unspecified atom stereocenters. The molecule has 16 rings (SSSR count). The van der Waals surface area contributed by atoms with Crippen molar-refractivity contribution in [1.29, 1.82) is 0 Å². The minimum Gasteiger partial charge on any atom is -0.391 e. The van der Waals surface area contributed by atoms with Crippen molar-refractivity contribution in [2.75, 3.05) is 60.5 Å². The maximum Gasteiger partial charge on any atom is 0.280 e. The number of hydrogen-bond donors (Lipinski definition) is 11. The third-order valence-electron chi connectivity index (χ3n) is 27.1. The van der Waals surface area contributed by atoms with Crippen molar-refractivity contribution in [2.45, 2.75) is 324 Å². The first-order chi connectivity index (χ1) is 64.0. The molecule has 33 nitrogen and oxygen atoms in total. The summed E-state index contributed by atoms with van der Waals surface area (Å²) in [6.45, 7) is 38.3. The van der Waals surface area contributed by atoms with Gasteiger partial charge in [-0.1, -0.05) is 27.7 Å². The van der Waals surface area contributed by atoms with Gasteiger partial charge in [0, 0.05) is 142 Å². The predicted molar refractivity (Wildman–Crippen MR) is 526 cm³/mol. The second kappa shape index (κ2) is 44.9. The molecule has 134 heavy (non-hydrogen) atoms. The second-order valence-electron chi connectivity index (χ2n) is 37.4. The van der Waals surface area contributed by atoms with E-state index in [1.807, 2.05) is 99.3 Å². The SMILES string of the molecule is CC[C@@H](C)Nc1cc(C)c(-c2sc(C(=O)NC3CN(C(C)=O)C3)nc2C(=O)N2CCC[C@@H]2C)cn1.CC[C@@H](C)Nc1cc(C)c(-c2sc(C(=O)N[C@@H]3CC[C@@H]3O)nc2C(=O)N2CCC[C@@H]2C)cn1.CC[C@@H](C)Nc1cc(C)c(-c2sc(C(=O)N[C@@H]3CC[C@H]3O)nc2C(=O)N2CCC[C@@H]2C)cn1.CC[C@@H](C)Nc1cc(C)c(-c2sc(C(=O)N[C@H]3CC[C@@H]3O)nc2C(=O)N2CCC[C@@H]2C)cn1. The largest absolute Gasteiger partial charge is 0.391 e. The van der Waals surface area contributed by atoms with Gasteiger partial charge in [-0.25, -0.2) is 39.9 Å². The standard InChI is InChI=1S/C25H34N6O3S.3C24H33N5O3S/c1-6-15(3)27-20-10-14(2)19(11-26-20)22-21(25(34)31-9-7-8-16(31)4)29-24(35-22)23(33)28-18-12-30(13-18)17(5)32;3*1-5-14(3)26-19-11-13(2)16(12-25-19)21-20(24(32)29-10-6-7-15(29)4)28-23(33-21)22(31)27-17-8-9-18(17)30/h10-11,15-16,18H,6-9,12-13H2,1-5H3,(H,26,27)(H,28,33);3*11-12,14-15,17-18,30H,5-10H2,1-4H3,(H,25,26)(H,27,31)/t15-,16+;14-,15+,17+,18+;14-,15+,17-,18+;14-,15+,17-,18-/m1111/s1. The zero-order valence-corrected chi connectivity index (χ0v) is 83.5. The summed E-state index contributed by atoms with van der Waals surface area (Å²) >= 11 is 4.86. The molecule has 5 aliphatic heterocycles. The third-order valence-corrected chi connectivity index (χ3v) is 31.5. The molecule has 5 saturated heterocycles. The van der Waals surface area contributed by atoms with Crippen LogP contribution in [-0.2, 0) is 4.79 Å². The summed E-state index contributed by atoms with van der Waals surface area (Å²) in [5.41, 5.74) is 8.29. The maximum atomic E-state index is 13.5. The molecule has 0 bridgehead atoms. The lowest BCUT2D eigenvalue weighted by molar-refractivity contribution is -0.133. The Morgan fingerprint density at radius 3 is 0.776 bits per heavy atom. The average Bonchev–Trinajstić information content (AvgIpc) is 1.63. The molecule has 8 aromatic heterocycles. The van der Waals surface area contributed by atoms with Gasteiger partial charge >= 0.3 is 0 Å². The van der Waals surface area contributed by atoms with Gasteiger partial charge < -0.3 is 82.4 Å². The van der Waals surface area contributed by atoms with E-state index in [1.165, 1.54) is 52.3 Å². The van der Waals surface area contributed by atoms with E-state index in [1.54, 1.807) is 29.7 Å². The summed E-state index contributed by atoms with van der Waals surface area (Å²) in [6, 6.07) is 8.81. The van der Waals surface area contributed by atoms with Crippen LogP contribution in [0.4, 0.5) is 23.3 Å². The lowest BCUT2D eigenvalue weighted by atomic mass is 9.89. The number of hydrogen-bond acceptors (Lipinski definition) is 28. The highest BCUT2D eigenvalue weighted by molar-refractivity contribution is 7.18. The Hall–Kier alpha value is -10.6. The Balaban J connectivity index is 0.000000152. The van der Waals surface area contributed by atoms with E-state index < -0.39 is 18.3 Å². The van der Waals surface area contributed by atoms with E-state index in [4.69, 9.17) is 0 Å². The minimum absolute atomic E-state index is 0.00566. The number of thiazole rings is 4. The molecular weight excluding hydrogens is 1780 g/mol. The first-order valence-electron chi connectivity index (χ1n) is 47.8. The van der Waals surface area contributed by atoms with Gasteiger partial charge in [-0.2, -0.15) is 0 Å². The first kappa shape index (κ1) is 101. The molecule has 0 aromatic carbocycles. The van der Waals surface area contributed by atoms with Crippen molar-refractivity contribution in [3.05, 3.63) is 114 Å². The van der Waals surface area contributed by atoms with Gasteiger partial charge in [0.2, 0.25) is 5.91 Å². The summed E-state index contributed by atoms with van der Waals surface area (Å²) < 4.78 is 0. The molecule has 37 heteroatoms. The molecule has 8 aliphatic rings. The van der Waals surface area contributed by atoms with Gasteiger partial charge in [0.05, 0.1) is 62.0 Å². The van der Waals surface area contributed by atoms with Crippen molar-refractivity contribution >= 4 is 122 Å². The fraction of sp³-hybridized carbons (Fsp3) is 0.577. The van der Waals surface area contributed by atoms with Crippen molar-refractivity contribution < 1.29 is 58.5 Å². The lowest BCUT2D eigenvalue weighted by Gasteiger charge is -2.38. The lowest BCUT2D eigenvalue weighted by Crippen LogP contribution is -2.60. The molecule has 11 N–H and O–H groups in total. The van der Waals surface area contributed by atoms with Crippen molar-refractivity contribution in [1.82, 2.24) is 85.6 Å². The highest BCUT2D eigenvalue weighted by Gasteiger charge is 2.41. The summed E-state index contributed by atoms with van der Waals surface area (Å²) in [6.07, 6.45) is 21.4. The van der Waals surface area contributed by atoms with Crippen LogP contribution in [0.25, 0.3) is 41.8 Å². The second-order valence-corrected chi connectivity index (χ2v) is 41.4. The summed E-state index contributed by atoms with van der Waals surface area (Å²) in [5, 5.41) is 55.5. The molecule has 8 aromatic rings. The minimum atomic E-state index is -0.517. The number of aliphatic hydroxyl groups excluding tert-OH is 3. The Bertz CT molecular complexity index is 5190. The van der Waals surface area contributed by atoms with Crippen molar-refractivity contribution in [3.63, 3.8) is 0 Å². The number of aromatic nitrogens is 8. The number of likely N-dealkylation sites (tertiary alicyclic amines) is 5. The number of aryl methyl sites for hydroxylation is 4. The van der Waals surface area contributed by atoms with Crippen LogP contribution in [-0.4, -0.2) is 263 Å². The van der Waals surface area contributed by atoms with Crippen LogP contribution < -0.4 is 42.5 Å². The van der Waals surface area contributed by atoms with Gasteiger partial charge in [0.25, 0.3) is 47.3 Å². The van der Waals surface area contributed by atoms with Gasteiger partial charge in [-0.15, -0.1) is 45.3 Å². The molecule has 3 aliphatic carbocycles. The first-order valence-corrected chi connectivity index (χ1v) is 51.0. The molecule has 3 saturated carbocycles. The van der Waals surface area contributed by atoms with E-state index in [0.717, 1.165) is 164 Å². The molecule has 0 radical (unpaired) electrons. The molecular formula is C97H133N21O12S4. The van der Waals surface area contributed by atoms with Gasteiger partial charge in [-0.05, 0) is 245 Å². The van der Waals surface area contributed by atoms with Crippen LogP contribution in [0.15, 0.2) is 49.1 Å². The third kappa shape index (κ3) is 23.7. The maximum absolute atomic E-state index is 13.5. The molecule has 722 valence electrons. The fourth-order valence-corrected chi connectivity index (χ4v) is 21.2. The van der Waals surface area contributed by atoms with Crippen molar-refractivity contribution in [3.8, 4) is 41.8 Å². The Labute approximate surface area is 801 Å². The summed E-state index contributed by atoms with van der Waals surface area (Å²) in [5.74, 6) is 1.19. The number of pyridine rings is 4. The number of carbonyl (C=O) groups is 9. The number of amides is 9. The number of anilines is 4. The van der Waals surface area contributed by atoms with Crippen LogP contribution in [0.2, 0.25) is 0 Å². The summed E-state index contributed by atoms with van der Waals surface area (Å²) in [7, 11) is 0. The van der Waals surface area contributed by atoms with E-state index in [0.29, 0.717) is 125 Å². The number of rotatable bonds is 28. The number of nitrogens with zero attached hydrogens (tertiary/aromatic N) is 13. The number of carbonyl (C=O) groups excluding carboxylic acids is 9. The quantitative estimate of drug-likeness (QED) is 0.0217. The Kier molecular flexibility index (Phi) is 33.8. The van der Waals surface area contributed by atoms with Crippen molar-refractivity contribution in [2.24, 2.45) is 0 Å². The molecule has 0 spiro atoms. The van der Waals surface area contributed by atoms with Gasteiger partial charge in [0.15, 0.2) is 20.0 Å². The number of nitrogens with one attached hydrogen (secondary N) is 8. The molecule has 9 amide bonds. The monoisotopic (exact) mass is 1910 g/mol. The van der Waals surface area contributed by atoms with Crippen LogP contribution in [0, 0.1) is 27.7 Å². The van der Waals surface area contributed by atoms with E-state index in [9.17, 15) is 58.5 Å². The average molecular weight is 1910 g/mol. The smallest absolute Gasteiger partial charge is 0.280 e. The van der Waals surface area contributed by atoms with Gasteiger partial charge in [-0.3, -0.25) is 43.2 Å². The molecule has 13 heterocycles. The zero-order chi connectivity index (χ0) is 96.4. The summed E-state index contributed by atoms with van der Waals surface area (Å²) in [4.78, 5) is 165. The van der Waals surface area contributed by atoms with Crippen LogP contribution >= 0.6 is 45.3 Å². The Morgan fingerprint density at radius 2 is 0.597 bits per heavy atom. The fourth-order valence-electron chi connectivity index (χ4n) is 17.1. The van der Waals surface area contributed by atoms with Crippen LogP contribution in [0.3, 0.4) is 0 Å². The van der Waals surface area contributed by atoms with E-state index >= 15 is 0 Å². The van der Waals surface area contributed by atoms with Gasteiger partial charge in [0.1, 0.15) is 46.0 Å².